The lowest BCUT2D eigenvalue weighted by molar-refractivity contribution is -0.140. The highest BCUT2D eigenvalue weighted by molar-refractivity contribution is 5.83. The van der Waals surface area contributed by atoms with Crippen LogP contribution >= 0.6 is 0 Å². The number of carboxylic acid groups (broad SMARTS) is 1. The molecule has 0 saturated heterocycles. The lowest BCUT2D eigenvalue weighted by Gasteiger charge is -2.24. The Morgan fingerprint density at radius 1 is 0.853 bits per heavy atom. The average molecular weight is 470 g/mol. The van der Waals surface area contributed by atoms with Gasteiger partial charge in [-0.1, -0.05) is 74.5 Å². The third kappa shape index (κ3) is 10.5. The molecular weight excluding hydrogens is 434 g/mol. The first-order valence-corrected chi connectivity index (χ1v) is 11.6. The van der Waals surface area contributed by atoms with Gasteiger partial charge in [0.05, 0.1) is 6.04 Å². The molecule has 2 aromatic carbocycles. The van der Waals surface area contributed by atoms with E-state index in [4.69, 9.17) is 4.74 Å². The number of ether oxygens (including phenoxy) is 1. The summed E-state index contributed by atoms with van der Waals surface area (Å²) in [5.74, 6) is -1.12. The van der Waals surface area contributed by atoms with Gasteiger partial charge in [-0.15, -0.1) is 0 Å². The fourth-order valence-electron chi connectivity index (χ4n) is 3.43. The quantitative estimate of drug-likeness (QED) is 0.338. The number of amides is 2. The summed E-state index contributed by atoms with van der Waals surface area (Å²) >= 11 is 0. The van der Waals surface area contributed by atoms with Gasteiger partial charge in [0.15, 0.2) is 0 Å². The van der Waals surface area contributed by atoms with Crippen molar-refractivity contribution in [1.82, 2.24) is 16.0 Å². The maximum Gasteiger partial charge on any atom is 0.407 e. The predicted molar refractivity (Wildman–Crippen MR) is 130 cm³/mol. The van der Waals surface area contributed by atoms with Crippen molar-refractivity contribution in [2.75, 3.05) is 13.1 Å². The summed E-state index contributed by atoms with van der Waals surface area (Å²) in [4.78, 5) is 36.5. The molecule has 0 fully saturated rings. The molecule has 2 rings (SSSR count). The summed E-state index contributed by atoms with van der Waals surface area (Å²) in [7, 11) is 0. The first-order valence-electron chi connectivity index (χ1n) is 11.6. The van der Waals surface area contributed by atoms with Crippen LogP contribution in [-0.4, -0.2) is 48.2 Å². The van der Waals surface area contributed by atoms with Gasteiger partial charge < -0.3 is 20.5 Å². The summed E-state index contributed by atoms with van der Waals surface area (Å²) in [5, 5.41) is 18.1. The molecule has 0 saturated carbocycles. The summed E-state index contributed by atoms with van der Waals surface area (Å²) in [6.45, 7) is 4.65. The summed E-state index contributed by atoms with van der Waals surface area (Å²) in [6.07, 6.45) is 0.679. The number of carbonyl (C=O) groups excluding carboxylic acids is 2. The molecule has 0 aliphatic rings. The molecule has 0 heterocycles. The van der Waals surface area contributed by atoms with Crippen LogP contribution < -0.4 is 16.0 Å². The van der Waals surface area contributed by atoms with Gasteiger partial charge in [0.2, 0.25) is 5.91 Å². The summed E-state index contributed by atoms with van der Waals surface area (Å²) < 4.78 is 5.14. The Balaban J connectivity index is 1.81. The van der Waals surface area contributed by atoms with Crippen LogP contribution in [0.5, 0.6) is 0 Å². The Hall–Kier alpha value is -3.39. The molecule has 2 aromatic rings. The van der Waals surface area contributed by atoms with Crippen molar-refractivity contribution in [3.63, 3.8) is 0 Å². The van der Waals surface area contributed by atoms with Gasteiger partial charge in [0, 0.05) is 13.1 Å². The molecule has 4 N–H and O–H groups in total. The van der Waals surface area contributed by atoms with E-state index in [-0.39, 0.29) is 31.4 Å². The highest BCUT2D eigenvalue weighted by Gasteiger charge is 2.26. The fraction of sp³-hybridized carbons (Fsp3) is 0.423. The molecule has 0 bridgehead atoms. The Labute approximate surface area is 201 Å². The minimum absolute atomic E-state index is 0.0988. The summed E-state index contributed by atoms with van der Waals surface area (Å²) in [5.41, 5.74) is 1.97. The number of nitrogens with one attached hydrogen (secondary N) is 3. The van der Waals surface area contributed by atoms with Crippen molar-refractivity contribution in [3.8, 4) is 0 Å². The smallest absolute Gasteiger partial charge is 0.407 e. The Kier molecular flexibility index (Phi) is 11.6. The van der Waals surface area contributed by atoms with E-state index in [9.17, 15) is 19.5 Å². The predicted octanol–water partition coefficient (Wildman–Crippen LogP) is 3.12. The molecule has 0 radical (unpaired) electrons. The number of alkyl carbamates (subject to hydrolysis) is 1. The molecule has 0 aromatic heterocycles. The number of rotatable bonds is 14. The third-order valence-corrected chi connectivity index (χ3v) is 5.19. The zero-order chi connectivity index (χ0) is 24.8. The minimum atomic E-state index is -1.08. The van der Waals surface area contributed by atoms with Crippen LogP contribution in [0.4, 0.5) is 4.79 Å². The van der Waals surface area contributed by atoms with E-state index in [0.29, 0.717) is 19.4 Å². The minimum Gasteiger partial charge on any atom is -0.480 e. The van der Waals surface area contributed by atoms with Crippen LogP contribution in [0.25, 0.3) is 0 Å². The van der Waals surface area contributed by atoms with Crippen LogP contribution in [0.3, 0.4) is 0 Å². The van der Waals surface area contributed by atoms with E-state index in [2.05, 4.69) is 16.0 Å². The van der Waals surface area contributed by atoms with Crippen LogP contribution in [0, 0.1) is 5.92 Å². The van der Waals surface area contributed by atoms with Crippen molar-refractivity contribution < 1.29 is 24.2 Å². The van der Waals surface area contributed by atoms with Crippen molar-refractivity contribution in [1.29, 1.82) is 0 Å². The molecule has 0 aliphatic carbocycles. The number of hydrogen-bond donors (Lipinski definition) is 4. The van der Waals surface area contributed by atoms with Crippen LogP contribution in [0.1, 0.15) is 37.8 Å². The number of carboxylic acids is 1. The number of carbonyl (C=O) groups is 3. The topological polar surface area (TPSA) is 117 Å². The second-order valence-electron chi connectivity index (χ2n) is 8.54. The number of benzene rings is 2. The van der Waals surface area contributed by atoms with Gasteiger partial charge in [-0.25, -0.2) is 4.79 Å². The first kappa shape index (κ1) is 26.9. The molecule has 0 unspecified atom stereocenters. The lowest BCUT2D eigenvalue weighted by atomic mass is 10.0. The Bertz CT molecular complexity index is 890. The van der Waals surface area contributed by atoms with Crippen molar-refractivity contribution >= 4 is 18.0 Å². The van der Waals surface area contributed by atoms with Gasteiger partial charge in [0.1, 0.15) is 12.6 Å². The number of aliphatic carboxylic acids is 1. The zero-order valence-electron chi connectivity index (χ0n) is 19.8. The molecule has 0 aliphatic heterocycles. The van der Waals surface area contributed by atoms with Gasteiger partial charge in [-0.2, -0.15) is 0 Å². The lowest BCUT2D eigenvalue weighted by Crippen LogP contribution is -2.52. The largest absolute Gasteiger partial charge is 0.480 e. The van der Waals surface area contributed by atoms with E-state index < -0.39 is 24.1 Å². The van der Waals surface area contributed by atoms with E-state index in [1.54, 1.807) is 0 Å². The molecular formula is C26H35N3O5. The highest BCUT2D eigenvalue weighted by atomic mass is 16.5. The fourth-order valence-corrected chi connectivity index (χ4v) is 3.43. The van der Waals surface area contributed by atoms with Crippen LogP contribution in [0.15, 0.2) is 60.7 Å². The van der Waals surface area contributed by atoms with Crippen LogP contribution in [0.2, 0.25) is 0 Å². The van der Waals surface area contributed by atoms with Gasteiger partial charge in [-0.05, 0) is 36.3 Å². The summed E-state index contributed by atoms with van der Waals surface area (Å²) in [6, 6.07) is 17.5. The standard InChI is InChI=1S/C26H35N3O5/c1-19(2)17-23(24(30)27-15-13-20-9-5-3-6-10-20)29-22(25(31)32)14-16-28-26(33)34-18-21-11-7-4-8-12-21/h3-12,19,22-23,29H,13-18H2,1-2H3,(H,27,30)(H,28,33)(H,31,32)/t22-,23+/m1/s1. The second kappa shape index (κ2) is 14.7. The zero-order valence-corrected chi connectivity index (χ0v) is 19.8. The Morgan fingerprint density at radius 2 is 1.47 bits per heavy atom. The van der Waals surface area contributed by atoms with Crippen molar-refractivity contribution in [3.05, 3.63) is 71.8 Å². The van der Waals surface area contributed by atoms with Crippen molar-refractivity contribution in [2.24, 2.45) is 5.92 Å². The Morgan fingerprint density at radius 3 is 2.06 bits per heavy atom. The molecule has 2 atom stereocenters. The van der Waals surface area contributed by atoms with E-state index in [1.807, 2.05) is 74.5 Å². The molecule has 8 heteroatoms. The van der Waals surface area contributed by atoms with Gasteiger partial charge >= 0.3 is 12.1 Å². The maximum absolute atomic E-state index is 12.8. The molecule has 0 spiro atoms. The maximum atomic E-state index is 12.8. The molecule has 8 nitrogen and oxygen atoms in total. The second-order valence-corrected chi connectivity index (χ2v) is 8.54. The van der Waals surface area contributed by atoms with E-state index in [0.717, 1.165) is 11.1 Å². The average Bonchev–Trinajstić information content (AvgIpc) is 2.82. The SMILES string of the molecule is CC(C)C[C@H](N[C@H](CCNC(=O)OCc1ccccc1)C(=O)O)C(=O)NCCc1ccccc1. The first-order chi connectivity index (χ1) is 16.3. The normalized spacial score (nSPS) is 12.6. The molecule has 2 amide bonds. The monoisotopic (exact) mass is 469 g/mol. The van der Waals surface area contributed by atoms with E-state index >= 15 is 0 Å². The third-order valence-electron chi connectivity index (χ3n) is 5.19. The van der Waals surface area contributed by atoms with Crippen LogP contribution in [-0.2, 0) is 27.4 Å². The van der Waals surface area contributed by atoms with Gasteiger partial charge in [-0.3, -0.25) is 14.9 Å². The van der Waals surface area contributed by atoms with Crippen molar-refractivity contribution in [2.45, 2.75) is 51.8 Å². The molecule has 34 heavy (non-hydrogen) atoms. The van der Waals surface area contributed by atoms with Gasteiger partial charge in [0.25, 0.3) is 0 Å². The highest BCUT2D eigenvalue weighted by Crippen LogP contribution is 2.08. The molecule has 184 valence electrons. The van der Waals surface area contributed by atoms with E-state index in [1.165, 1.54) is 0 Å². The number of hydrogen-bond acceptors (Lipinski definition) is 5.